The number of phenols is 1. The molecule has 0 bridgehead atoms. The zero-order chi connectivity index (χ0) is 24.3. The fourth-order valence-electron chi connectivity index (χ4n) is 5.14. The fourth-order valence-corrected chi connectivity index (χ4v) is 5.37. The van der Waals surface area contributed by atoms with Crippen LogP contribution < -0.4 is 10.6 Å². The van der Waals surface area contributed by atoms with Crippen LogP contribution in [0.5, 0.6) is 5.75 Å². The second kappa shape index (κ2) is 8.35. The number of carbonyl (C=O) groups is 2. The van der Waals surface area contributed by atoms with Crippen molar-refractivity contribution < 1.29 is 24.2 Å². The highest BCUT2D eigenvalue weighted by molar-refractivity contribution is 6.35. The molecule has 9 heteroatoms. The number of aliphatic hydroxyl groups excluding tert-OH is 1. The summed E-state index contributed by atoms with van der Waals surface area (Å²) in [6.07, 6.45) is -0.528. The van der Waals surface area contributed by atoms with Gasteiger partial charge in [0, 0.05) is 65.1 Å². The first-order valence-electron chi connectivity index (χ1n) is 11.4. The van der Waals surface area contributed by atoms with Crippen LogP contribution in [0.2, 0.25) is 5.02 Å². The fraction of sp³-hybridized carbons (Fsp3) is 0.231. The van der Waals surface area contributed by atoms with Crippen molar-refractivity contribution in [3.05, 3.63) is 64.2 Å². The zero-order valence-corrected chi connectivity index (χ0v) is 19.4. The van der Waals surface area contributed by atoms with Crippen molar-refractivity contribution in [1.82, 2.24) is 15.5 Å². The highest BCUT2D eigenvalue weighted by Gasteiger charge is 2.35. The molecule has 1 atom stereocenters. The molecule has 2 aliphatic heterocycles. The molecule has 8 nitrogen and oxygen atoms in total. The van der Waals surface area contributed by atoms with Crippen molar-refractivity contribution in [3.63, 3.8) is 0 Å². The third-order valence-corrected chi connectivity index (χ3v) is 7.07. The maximum Gasteiger partial charge on any atom is 0.259 e. The van der Waals surface area contributed by atoms with Gasteiger partial charge in [-0.2, -0.15) is 0 Å². The number of halogens is 1. The lowest BCUT2D eigenvalue weighted by Gasteiger charge is -2.31. The molecule has 178 valence electrons. The maximum atomic E-state index is 12.9. The Bertz CT molecular complexity index is 1520. The number of fused-ring (bicyclic) bond motifs is 5. The largest absolute Gasteiger partial charge is 0.508 e. The molecule has 1 fully saturated rings. The molecule has 3 aromatic carbocycles. The van der Waals surface area contributed by atoms with Crippen molar-refractivity contribution in [3.8, 4) is 16.9 Å². The van der Waals surface area contributed by atoms with Gasteiger partial charge in [-0.15, -0.1) is 0 Å². The van der Waals surface area contributed by atoms with E-state index in [-0.39, 0.29) is 23.3 Å². The predicted octanol–water partition coefficient (Wildman–Crippen LogP) is 3.26. The molecule has 1 unspecified atom stereocenters. The number of hydrogen-bond donors (Lipinski definition) is 4. The van der Waals surface area contributed by atoms with Crippen molar-refractivity contribution in [2.45, 2.75) is 12.6 Å². The monoisotopic (exact) mass is 491 g/mol. The van der Waals surface area contributed by atoms with Gasteiger partial charge in [-0.1, -0.05) is 29.8 Å². The van der Waals surface area contributed by atoms with E-state index in [0.29, 0.717) is 56.7 Å². The third-order valence-electron chi connectivity index (χ3n) is 6.74. The number of rotatable bonds is 4. The Labute approximate surface area is 205 Å². The highest BCUT2D eigenvalue weighted by Crippen LogP contribution is 2.43. The van der Waals surface area contributed by atoms with Crippen molar-refractivity contribution in [2.75, 3.05) is 26.2 Å². The number of nitrogens with one attached hydrogen (secondary N) is 2. The van der Waals surface area contributed by atoms with E-state index in [0.717, 1.165) is 13.1 Å². The SMILES string of the molecule is O=C1NC(=O)c2c1c(-c1ccccc1Cl)cc1oc3c(CC(O)N4CCNCC4)cc(O)cc3c21. The average Bonchev–Trinajstić information content (AvgIpc) is 3.36. The second-order valence-electron chi connectivity index (χ2n) is 8.86. The van der Waals surface area contributed by atoms with Crippen molar-refractivity contribution in [2.24, 2.45) is 0 Å². The van der Waals surface area contributed by atoms with E-state index in [1.807, 2.05) is 4.90 Å². The zero-order valence-electron chi connectivity index (χ0n) is 18.6. The number of aliphatic hydroxyl groups is 1. The van der Waals surface area contributed by atoms with E-state index in [1.54, 1.807) is 36.4 Å². The van der Waals surface area contributed by atoms with E-state index in [9.17, 15) is 19.8 Å². The number of imide groups is 1. The first kappa shape index (κ1) is 22.1. The Hall–Kier alpha value is -3.43. The topological polar surface area (TPSA) is 115 Å². The summed E-state index contributed by atoms with van der Waals surface area (Å²) in [6.45, 7) is 3.00. The molecular weight excluding hydrogens is 470 g/mol. The first-order valence-corrected chi connectivity index (χ1v) is 11.8. The van der Waals surface area contributed by atoms with Crippen LogP contribution in [0.25, 0.3) is 33.1 Å². The van der Waals surface area contributed by atoms with Gasteiger partial charge in [0.05, 0.1) is 11.1 Å². The van der Waals surface area contributed by atoms with Crippen LogP contribution in [-0.4, -0.2) is 59.3 Å². The number of carbonyl (C=O) groups excluding carboxylic acids is 2. The van der Waals surface area contributed by atoms with Gasteiger partial charge in [-0.3, -0.25) is 19.8 Å². The van der Waals surface area contributed by atoms with E-state index < -0.39 is 18.0 Å². The Morgan fingerprint density at radius 1 is 1.03 bits per heavy atom. The van der Waals surface area contributed by atoms with Gasteiger partial charge in [-0.05, 0) is 24.3 Å². The summed E-state index contributed by atoms with van der Waals surface area (Å²) in [6, 6.07) is 11.9. The number of piperazine rings is 1. The van der Waals surface area contributed by atoms with E-state index in [2.05, 4.69) is 10.6 Å². The summed E-state index contributed by atoms with van der Waals surface area (Å²) in [4.78, 5) is 27.7. The first-order chi connectivity index (χ1) is 16.9. The Kier molecular flexibility index (Phi) is 5.26. The second-order valence-corrected chi connectivity index (χ2v) is 9.27. The van der Waals surface area contributed by atoms with Gasteiger partial charge in [-0.25, -0.2) is 0 Å². The number of benzene rings is 3. The molecule has 4 N–H and O–H groups in total. The lowest BCUT2D eigenvalue weighted by atomic mass is 9.92. The minimum absolute atomic E-state index is 0.0172. The molecule has 0 radical (unpaired) electrons. The molecule has 1 saturated heterocycles. The van der Waals surface area contributed by atoms with Gasteiger partial charge in [0.25, 0.3) is 11.8 Å². The number of furan rings is 1. The molecule has 6 rings (SSSR count). The molecule has 35 heavy (non-hydrogen) atoms. The summed E-state index contributed by atoms with van der Waals surface area (Å²) in [5.41, 5.74) is 2.98. The number of amides is 2. The lowest BCUT2D eigenvalue weighted by molar-refractivity contribution is -0.00261. The minimum atomic E-state index is -0.760. The summed E-state index contributed by atoms with van der Waals surface area (Å²) in [5, 5.41) is 28.4. The number of hydrogen-bond acceptors (Lipinski definition) is 7. The van der Waals surface area contributed by atoms with Crippen molar-refractivity contribution in [1.29, 1.82) is 0 Å². The van der Waals surface area contributed by atoms with Crippen molar-refractivity contribution >= 4 is 45.4 Å². The van der Waals surface area contributed by atoms with E-state index in [1.165, 1.54) is 6.07 Å². The smallest absolute Gasteiger partial charge is 0.259 e. The number of aromatic hydroxyl groups is 1. The van der Waals surface area contributed by atoms with E-state index in [4.69, 9.17) is 16.0 Å². The van der Waals surface area contributed by atoms with Crippen LogP contribution in [0.3, 0.4) is 0 Å². The molecule has 2 amide bonds. The lowest BCUT2D eigenvalue weighted by Crippen LogP contribution is -2.49. The van der Waals surface area contributed by atoms with Gasteiger partial charge >= 0.3 is 0 Å². The van der Waals surface area contributed by atoms with Gasteiger partial charge in [0.1, 0.15) is 23.1 Å². The molecule has 0 saturated carbocycles. The highest BCUT2D eigenvalue weighted by atomic mass is 35.5. The average molecular weight is 492 g/mol. The van der Waals surface area contributed by atoms with Gasteiger partial charge in [0.2, 0.25) is 0 Å². The molecule has 4 aromatic rings. The summed E-state index contributed by atoms with van der Waals surface area (Å²) in [7, 11) is 0. The molecule has 1 aromatic heterocycles. The Morgan fingerprint density at radius 2 is 1.77 bits per heavy atom. The Balaban J connectivity index is 1.58. The number of nitrogens with zero attached hydrogens (tertiary/aromatic N) is 1. The predicted molar refractivity (Wildman–Crippen MR) is 132 cm³/mol. The molecule has 2 aliphatic rings. The van der Waals surface area contributed by atoms with Crippen LogP contribution in [0, 0.1) is 0 Å². The maximum absolute atomic E-state index is 12.9. The third kappa shape index (κ3) is 3.57. The van der Waals surface area contributed by atoms with Crippen LogP contribution >= 0.6 is 11.6 Å². The molecule has 0 aliphatic carbocycles. The standard InChI is InChI=1S/C26H22ClN3O5/c27-18-4-2-1-3-15(18)16-12-19-21(23-22(16)25(33)29-26(23)34)17-11-14(31)9-13(24(17)35-19)10-20(32)30-7-5-28-6-8-30/h1-4,9,11-12,20,28,31-32H,5-8,10H2,(H,29,33,34). The van der Waals surface area contributed by atoms with Gasteiger partial charge in [0.15, 0.2) is 0 Å². The van der Waals surface area contributed by atoms with Crippen LogP contribution in [-0.2, 0) is 6.42 Å². The summed E-state index contributed by atoms with van der Waals surface area (Å²) < 4.78 is 6.25. The number of phenolic OH excluding ortho intramolecular Hbond substituents is 1. The quantitative estimate of drug-likeness (QED) is 0.324. The van der Waals surface area contributed by atoms with Crippen LogP contribution in [0.15, 0.2) is 46.9 Å². The molecule has 0 spiro atoms. The van der Waals surface area contributed by atoms with Gasteiger partial charge < -0.3 is 19.9 Å². The summed E-state index contributed by atoms with van der Waals surface area (Å²) >= 11 is 6.43. The molecule has 3 heterocycles. The molecular formula is C26H22ClN3O5. The summed E-state index contributed by atoms with van der Waals surface area (Å²) in [5.74, 6) is -1.06. The van der Waals surface area contributed by atoms with Crippen LogP contribution in [0.4, 0.5) is 0 Å². The Morgan fingerprint density at radius 3 is 2.54 bits per heavy atom. The van der Waals surface area contributed by atoms with E-state index >= 15 is 0 Å². The minimum Gasteiger partial charge on any atom is -0.508 e. The van der Waals surface area contributed by atoms with Crippen LogP contribution in [0.1, 0.15) is 26.3 Å². The normalized spacial score (nSPS) is 17.2.